The van der Waals surface area contributed by atoms with E-state index < -0.39 is 5.97 Å². The largest absolute Gasteiger partial charge is 0.478 e. The van der Waals surface area contributed by atoms with Crippen molar-refractivity contribution in [2.24, 2.45) is 0 Å². The molecule has 0 amide bonds. The Bertz CT molecular complexity index is 437. The summed E-state index contributed by atoms with van der Waals surface area (Å²) < 4.78 is 0. The highest BCUT2D eigenvalue weighted by atomic mass is 35.5. The Kier molecular flexibility index (Phi) is 3.54. The van der Waals surface area contributed by atoms with Crippen LogP contribution >= 0.6 is 11.6 Å². The van der Waals surface area contributed by atoms with Gasteiger partial charge in [0, 0.05) is 12.6 Å². The SMILES string of the molecule is CN1CCC(Nc2cccc(Cl)c2C(=O)O)C1. The van der Waals surface area contributed by atoms with Gasteiger partial charge in [0.15, 0.2) is 0 Å². The van der Waals surface area contributed by atoms with E-state index in [1.165, 1.54) is 0 Å². The first-order valence-electron chi connectivity index (χ1n) is 5.55. The molecule has 1 aromatic carbocycles. The molecule has 1 aliphatic rings. The Balaban J connectivity index is 2.20. The van der Waals surface area contributed by atoms with Crippen molar-refractivity contribution in [3.8, 4) is 0 Å². The molecule has 92 valence electrons. The number of carbonyl (C=O) groups is 1. The van der Waals surface area contributed by atoms with Crippen molar-refractivity contribution < 1.29 is 9.90 Å². The van der Waals surface area contributed by atoms with E-state index in [0.717, 1.165) is 19.5 Å². The lowest BCUT2D eigenvalue weighted by Crippen LogP contribution is -2.24. The van der Waals surface area contributed by atoms with Crippen LogP contribution in [0.2, 0.25) is 5.02 Å². The predicted octanol–water partition coefficient (Wildman–Crippen LogP) is 2.15. The van der Waals surface area contributed by atoms with Gasteiger partial charge in [0.25, 0.3) is 0 Å². The van der Waals surface area contributed by atoms with Gasteiger partial charge in [0.05, 0.1) is 10.7 Å². The minimum absolute atomic E-state index is 0.156. The maximum Gasteiger partial charge on any atom is 0.339 e. The van der Waals surface area contributed by atoms with Crippen LogP contribution in [0.15, 0.2) is 18.2 Å². The topological polar surface area (TPSA) is 52.6 Å². The Morgan fingerprint density at radius 1 is 1.59 bits per heavy atom. The molecule has 0 saturated carbocycles. The fourth-order valence-corrected chi connectivity index (χ4v) is 2.39. The molecule has 0 radical (unpaired) electrons. The fourth-order valence-electron chi connectivity index (χ4n) is 2.13. The van der Waals surface area contributed by atoms with Crippen molar-refractivity contribution in [2.45, 2.75) is 12.5 Å². The second-order valence-electron chi connectivity index (χ2n) is 4.36. The number of anilines is 1. The Morgan fingerprint density at radius 3 is 2.94 bits per heavy atom. The first kappa shape index (κ1) is 12.2. The number of carboxylic acids is 1. The predicted molar refractivity (Wildman–Crippen MR) is 67.9 cm³/mol. The quantitative estimate of drug-likeness (QED) is 0.868. The molecule has 4 nitrogen and oxygen atoms in total. The van der Waals surface area contributed by atoms with Crippen LogP contribution in [0, 0.1) is 0 Å². The summed E-state index contributed by atoms with van der Waals surface area (Å²) in [5.74, 6) is -0.996. The summed E-state index contributed by atoms with van der Waals surface area (Å²) in [6, 6.07) is 5.40. The minimum atomic E-state index is -0.996. The van der Waals surface area contributed by atoms with E-state index in [1.54, 1.807) is 18.2 Å². The van der Waals surface area contributed by atoms with Crippen LogP contribution in [0.25, 0.3) is 0 Å². The van der Waals surface area contributed by atoms with Gasteiger partial charge >= 0.3 is 5.97 Å². The summed E-state index contributed by atoms with van der Waals surface area (Å²) in [5, 5.41) is 12.7. The van der Waals surface area contributed by atoms with Crippen molar-refractivity contribution in [3.63, 3.8) is 0 Å². The van der Waals surface area contributed by atoms with Gasteiger partial charge in [0.1, 0.15) is 5.56 Å². The van der Waals surface area contributed by atoms with Gasteiger partial charge in [-0.3, -0.25) is 0 Å². The molecular formula is C12H15ClN2O2. The van der Waals surface area contributed by atoms with Crippen molar-refractivity contribution in [1.29, 1.82) is 0 Å². The third kappa shape index (κ3) is 2.70. The van der Waals surface area contributed by atoms with Gasteiger partial charge < -0.3 is 15.3 Å². The number of likely N-dealkylation sites (tertiary alicyclic amines) is 1. The smallest absolute Gasteiger partial charge is 0.339 e. The van der Waals surface area contributed by atoms with Crippen LogP contribution in [-0.4, -0.2) is 42.2 Å². The summed E-state index contributed by atoms with van der Waals surface area (Å²) in [4.78, 5) is 13.4. The molecule has 0 aromatic heterocycles. The number of aromatic carboxylic acids is 1. The summed E-state index contributed by atoms with van der Waals surface area (Å²) in [6.07, 6.45) is 1.02. The Hall–Kier alpha value is -1.26. The minimum Gasteiger partial charge on any atom is -0.478 e. The van der Waals surface area contributed by atoms with E-state index >= 15 is 0 Å². The Labute approximate surface area is 105 Å². The number of halogens is 1. The molecule has 1 aromatic rings. The van der Waals surface area contributed by atoms with Crippen LogP contribution < -0.4 is 5.32 Å². The lowest BCUT2D eigenvalue weighted by molar-refractivity contribution is 0.0698. The number of hydrogen-bond donors (Lipinski definition) is 2. The molecule has 0 aliphatic carbocycles. The molecule has 1 aliphatic heterocycles. The molecule has 1 atom stereocenters. The van der Waals surface area contributed by atoms with Crippen LogP contribution in [0.3, 0.4) is 0 Å². The molecule has 2 rings (SSSR count). The molecule has 0 bridgehead atoms. The van der Waals surface area contributed by atoms with Crippen LogP contribution in [-0.2, 0) is 0 Å². The van der Waals surface area contributed by atoms with Gasteiger partial charge in [-0.1, -0.05) is 17.7 Å². The first-order chi connectivity index (χ1) is 8.08. The number of hydrogen-bond acceptors (Lipinski definition) is 3. The normalized spacial score (nSPS) is 20.5. The highest BCUT2D eigenvalue weighted by Crippen LogP contribution is 2.26. The number of rotatable bonds is 3. The molecule has 1 fully saturated rings. The maximum absolute atomic E-state index is 11.1. The summed E-state index contributed by atoms with van der Waals surface area (Å²) in [7, 11) is 2.05. The van der Waals surface area contributed by atoms with Crippen LogP contribution in [0.4, 0.5) is 5.69 Å². The summed E-state index contributed by atoms with van der Waals surface area (Å²) in [6.45, 7) is 1.95. The average Bonchev–Trinajstić information content (AvgIpc) is 2.63. The third-order valence-electron chi connectivity index (χ3n) is 2.98. The van der Waals surface area contributed by atoms with Gasteiger partial charge in [-0.25, -0.2) is 4.79 Å². The molecule has 1 heterocycles. The second-order valence-corrected chi connectivity index (χ2v) is 4.77. The zero-order chi connectivity index (χ0) is 12.4. The zero-order valence-electron chi connectivity index (χ0n) is 9.61. The van der Waals surface area contributed by atoms with Gasteiger partial charge in [-0.2, -0.15) is 0 Å². The van der Waals surface area contributed by atoms with Gasteiger partial charge in [-0.05, 0) is 32.1 Å². The molecule has 0 spiro atoms. The van der Waals surface area contributed by atoms with Crippen molar-refractivity contribution >= 4 is 23.3 Å². The maximum atomic E-state index is 11.1. The fraction of sp³-hybridized carbons (Fsp3) is 0.417. The second kappa shape index (κ2) is 4.94. The third-order valence-corrected chi connectivity index (χ3v) is 3.29. The van der Waals surface area contributed by atoms with Crippen LogP contribution in [0.1, 0.15) is 16.8 Å². The molecule has 1 unspecified atom stereocenters. The van der Waals surface area contributed by atoms with E-state index in [0.29, 0.717) is 5.69 Å². The van der Waals surface area contributed by atoms with E-state index in [4.69, 9.17) is 16.7 Å². The lowest BCUT2D eigenvalue weighted by Gasteiger charge is -2.16. The molecule has 1 saturated heterocycles. The molecule has 17 heavy (non-hydrogen) atoms. The number of likely N-dealkylation sites (N-methyl/N-ethyl adjacent to an activating group) is 1. The first-order valence-corrected chi connectivity index (χ1v) is 5.92. The van der Waals surface area contributed by atoms with Crippen LogP contribution in [0.5, 0.6) is 0 Å². The number of nitrogens with zero attached hydrogens (tertiary/aromatic N) is 1. The van der Waals surface area contributed by atoms with E-state index in [-0.39, 0.29) is 16.6 Å². The molecule has 2 N–H and O–H groups in total. The zero-order valence-corrected chi connectivity index (χ0v) is 10.4. The lowest BCUT2D eigenvalue weighted by atomic mass is 10.1. The van der Waals surface area contributed by atoms with Gasteiger partial charge in [0.2, 0.25) is 0 Å². The summed E-state index contributed by atoms with van der Waals surface area (Å²) >= 11 is 5.91. The number of nitrogens with one attached hydrogen (secondary N) is 1. The van der Waals surface area contributed by atoms with Gasteiger partial charge in [-0.15, -0.1) is 0 Å². The standard InChI is InChI=1S/C12H15ClN2O2/c1-15-6-5-8(7-15)14-10-4-2-3-9(13)11(10)12(16)17/h2-4,8,14H,5-7H2,1H3,(H,16,17). The molecular weight excluding hydrogens is 240 g/mol. The molecule has 5 heteroatoms. The number of benzene rings is 1. The summed E-state index contributed by atoms with van der Waals surface area (Å²) in [5.41, 5.74) is 0.758. The number of carboxylic acid groups (broad SMARTS) is 1. The monoisotopic (exact) mass is 254 g/mol. The van der Waals surface area contributed by atoms with Crippen molar-refractivity contribution in [3.05, 3.63) is 28.8 Å². The average molecular weight is 255 g/mol. The van der Waals surface area contributed by atoms with Crippen molar-refractivity contribution in [1.82, 2.24) is 4.90 Å². The van der Waals surface area contributed by atoms with E-state index in [2.05, 4.69) is 17.3 Å². The highest BCUT2D eigenvalue weighted by Gasteiger charge is 2.22. The van der Waals surface area contributed by atoms with Crippen molar-refractivity contribution in [2.75, 3.05) is 25.5 Å². The van der Waals surface area contributed by atoms with E-state index in [1.807, 2.05) is 0 Å². The highest BCUT2D eigenvalue weighted by molar-refractivity contribution is 6.34. The van der Waals surface area contributed by atoms with E-state index in [9.17, 15) is 4.79 Å². The Morgan fingerprint density at radius 2 is 2.35 bits per heavy atom.